The Morgan fingerprint density at radius 2 is 1.70 bits per heavy atom. The number of hydrogen-bond acceptors (Lipinski definition) is 11. The van der Waals surface area contributed by atoms with Crippen molar-refractivity contribution in [1.82, 2.24) is 30.5 Å². The van der Waals surface area contributed by atoms with Crippen LogP contribution in [0.15, 0.2) is 36.4 Å². The third-order valence-corrected chi connectivity index (χ3v) is 13.2. The number of carbonyl (C=O) groups is 4. The van der Waals surface area contributed by atoms with Crippen molar-refractivity contribution in [3.8, 4) is 11.8 Å². The van der Waals surface area contributed by atoms with Gasteiger partial charge in [-0.25, -0.2) is 13.2 Å². The second-order valence-electron chi connectivity index (χ2n) is 16.6. The van der Waals surface area contributed by atoms with E-state index in [-0.39, 0.29) is 37.1 Å². The summed E-state index contributed by atoms with van der Waals surface area (Å²) in [6.07, 6.45) is 5.39. The number of ether oxygens (including phenoxy) is 3. The molecule has 4 aliphatic rings. The van der Waals surface area contributed by atoms with Crippen molar-refractivity contribution in [2.24, 2.45) is 17.8 Å². The second-order valence-corrected chi connectivity index (χ2v) is 18.8. The smallest absolute Gasteiger partial charge is 0.408 e. The molecule has 15 nitrogen and oxygen atoms in total. The molecule has 4 amide bonds. The maximum absolute atomic E-state index is 14.7. The Morgan fingerprint density at radius 3 is 2.35 bits per heavy atom. The summed E-state index contributed by atoms with van der Waals surface area (Å²) in [6.45, 7) is 10.7. The highest BCUT2D eigenvalue weighted by Gasteiger charge is 2.63. The molecule has 3 N–H and O–H groups in total. The predicted octanol–water partition coefficient (Wildman–Crippen LogP) is 3.77. The quantitative estimate of drug-likeness (QED) is 0.347. The van der Waals surface area contributed by atoms with E-state index in [0.717, 1.165) is 6.42 Å². The topological polar surface area (TPSA) is 195 Å². The Bertz CT molecular complexity index is 1940. The number of fused-ring (bicyclic) bond motifs is 3. The van der Waals surface area contributed by atoms with Gasteiger partial charge in [-0.2, -0.15) is 0 Å². The van der Waals surface area contributed by atoms with Gasteiger partial charge in [0.05, 0.1) is 29.2 Å². The molecule has 294 valence electrons. The lowest BCUT2D eigenvalue weighted by atomic mass is 9.88. The lowest BCUT2D eigenvalue weighted by Gasteiger charge is -2.33. The first-order valence-electron chi connectivity index (χ1n) is 18.7. The average Bonchev–Trinajstić information content (AvgIpc) is 3.98. The zero-order chi connectivity index (χ0) is 39.2. The Labute approximate surface area is 316 Å². The number of carbonyl (C=O) groups excluding carboxylic acids is 4. The van der Waals surface area contributed by atoms with E-state index in [1.165, 1.54) is 12.0 Å². The van der Waals surface area contributed by atoms with Crippen molar-refractivity contribution in [3.05, 3.63) is 36.4 Å². The summed E-state index contributed by atoms with van der Waals surface area (Å²) in [4.78, 5) is 57.6. The third-order valence-electron chi connectivity index (χ3n) is 11.0. The molecular weight excluding hydrogens is 717 g/mol. The molecule has 1 saturated heterocycles. The minimum Gasteiger partial charge on any atom is -0.479 e. The average molecular weight is 769 g/mol. The van der Waals surface area contributed by atoms with Crippen molar-refractivity contribution < 1.29 is 41.8 Å². The fourth-order valence-electron chi connectivity index (χ4n) is 7.48. The third kappa shape index (κ3) is 8.13. The highest BCUT2D eigenvalue weighted by atomic mass is 32.2. The van der Waals surface area contributed by atoms with Crippen LogP contribution in [0.3, 0.4) is 0 Å². The predicted molar refractivity (Wildman–Crippen MR) is 199 cm³/mol. The molecule has 0 spiro atoms. The molecule has 7 atom stereocenters. The van der Waals surface area contributed by atoms with Crippen LogP contribution in [0.5, 0.6) is 11.8 Å². The van der Waals surface area contributed by atoms with E-state index < -0.39 is 73.8 Å². The lowest BCUT2D eigenvalue weighted by Crippen LogP contribution is -2.59. The molecule has 0 unspecified atom stereocenters. The normalized spacial score (nSPS) is 30.4. The van der Waals surface area contributed by atoms with Crippen LogP contribution in [0.4, 0.5) is 4.79 Å². The maximum Gasteiger partial charge on any atom is 0.408 e. The van der Waals surface area contributed by atoms with E-state index in [1.54, 1.807) is 33.8 Å². The maximum atomic E-state index is 14.7. The fraction of sp³-hybridized carbons (Fsp3) is 0.632. The summed E-state index contributed by atoms with van der Waals surface area (Å²) in [7, 11) is -2.51. The number of hydrogen-bond donors (Lipinski definition) is 3. The number of methoxy groups -OCH3 is 1. The molecule has 0 bridgehead atoms. The number of benzene rings is 1. The molecule has 16 heteroatoms. The molecule has 1 aromatic heterocycles. The van der Waals surface area contributed by atoms with Gasteiger partial charge in [-0.15, -0.1) is 10.2 Å². The van der Waals surface area contributed by atoms with Gasteiger partial charge in [0.2, 0.25) is 33.6 Å². The molecule has 2 aromatic rings. The number of sulfonamides is 1. The van der Waals surface area contributed by atoms with Crippen molar-refractivity contribution in [2.45, 2.75) is 121 Å². The second kappa shape index (κ2) is 14.6. The first-order valence-corrected chi connectivity index (χ1v) is 20.2. The van der Waals surface area contributed by atoms with Gasteiger partial charge in [-0.3, -0.25) is 19.1 Å². The van der Waals surface area contributed by atoms with E-state index >= 15 is 0 Å². The molecule has 3 fully saturated rings. The zero-order valence-electron chi connectivity index (χ0n) is 32.0. The van der Waals surface area contributed by atoms with Crippen molar-refractivity contribution >= 4 is 44.6 Å². The number of aromatic nitrogens is 2. The molecule has 2 aliphatic heterocycles. The standard InChI is InChI=1S/C38H52N6O9S/c1-22-12-8-9-13-24-20-38(24,34(47)43-54(49,50)37(6)16-17-37)40-30(45)28-19-25(52-32-27-15-11-10-14-26(27)31(51-7)41-42-32)21-44(28)33(46)29(23(2)18-22)39-35(48)53-36(3,4)5/h9-11,13-15,22-25,28-29H,8,12,16-21H2,1-7H3,(H,39,48)(H,40,45)(H,43,47)/b13-9-/t22-,23-,24-,25-,28+,29+,38-/m1/s1. The monoisotopic (exact) mass is 768 g/mol. The van der Waals surface area contributed by atoms with Crippen LogP contribution in [0.1, 0.15) is 86.5 Å². The van der Waals surface area contributed by atoms with Gasteiger partial charge in [0.1, 0.15) is 29.3 Å². The van der Waals surface area contributed by atoms with Gasteiger partial charge in [0.25, 0.3) is 5.91 Å². The summed E-state index contributed by atoms with van der Waals surface area (Å²) in [5, 5.41) is 15.4. The molecule has 6 rings (SSSR count). The van der Waals surface area contributed by atoms with Crippen LogP contribution in [0, 0.1) is 17.8 Å². The summed E-state index contributed by atoms with van der Waals surface area (Å²) in [5.74, 6) is -2.14. The number of nitrogens with one attached hydrogen (secondary N) is 3. The Kier molecular flexibility index (Phi) is 10.6. The van der Waals surface area contributed by atoms with Crippen LogP contribution in [-0.2, 0) is 29.1 Å². The lowest BCUT2D eigenvalue weighted by molar-refractivity contribution is -0.142. The highest BCUT2D eigenvalue weighted by molar-refractivity contribution is 7.91. The Morgan fingerprint density at radius 1 is 1.04 bits per heavy atom. The summed E-state index contributed by atoms with van der Waals surface area (Å²) >= 11 is 0. The first kappa shape index (κ1) is 39.2. The van der Waals surface area contributed by atoms with Gasteiger partial charge >= 0.3 is 6.09 Å². The van der Waals surface area contributed by atoms with Gasteiger partial charge in [0.15, 0.2) is 0 Å². The van der Waals surface area contributed by atoms with Crippen LogP contribution >= 0.6 is 0 Å². The summed E-state index contributed by atoms with van der Waals surface area (Å²) in [5.41, 5.74) is -2.36. The Balaban J connectivity index is 1.35. The van der Waals surface area contributed by atoms with Gasteiger partial charge < -0.3 is 29.7 Å². The molecule has 2 saturated carbocycles. The van der Waals surface area contributed by atoms with Crippen molar-refractivity contribution in [1.29, 1.82) is 0 Å². The van der Waals surface area contributed by atoms with Crippen molar-refractivity contribution in [3.63, 3.8) is 0 Å². The SMILES string of the molecule is COc1nnc(O[C@@H]2C[C@H]3C(=O)N[C@]4(C(=O)NS(=O)(=O)C5(C)CC5)C[C@H]4/C=C\CC[C@@H](C)C[C@@H](C)[C@H](NC(=O)OC(C)(C)C)C(=O)N3C2)c2ccccc12. The molecular formula is C38H52N6O9S. The van der Waals surface area contributed by atoms with Crippen LogP contribution in [0.25, 0.3) is 10.8 Å². The van der Waals surface area contributed by atoms with Gasteiger partial charge in [0, 0.05) is 12.3 Å². The van der Waals surface area contributed by atoms with Crippen molar-refractivity contribution in [2.75, 3.05) is 13.7 Å². The van der Waals surface area contributed by atoms with Gasteiger partial charge in [-0.1, -0.05) is 38.1 Å². The van der Waals surface area contributed by atoms with E-state index in [9.17, 15) is 27.6 Å². The number of alkyl carbamates (subject to hydrolysis) is 1. The number of nitrogens with zero attached hydrogens (tertiary/aromatic N) is 3. The summed E-state index contributed by atoms with van der Waals surface area (Å²) < 4.78 is 44.9. The first-order chi connectivity index (χ1) is 25.4. The molecule has 54 heavy (non-hydrogen) atoms. The number of amides is 4. The molecule has 1 aromatic carbocycles. The van der Waals surface area contributed by atoms with E-state index in [1.807, 2.05) is 37.3 Å². The van der Waals surface area contributed by atoms with Crippen LogP contribution in [0.2, 0.25) is 0 Å². The van der Waals surface area contributed by atoms with Crippen LogP contribution in [-0.4, -0.2) is 95.1 Å². The zero-order valence-corrected chi connectivity index (χ0v) is 32.8. The minimum atomic E-state index is -4.00. The number of allylic oxidation sites excluding steroid dienone is 1. The highest BCUT2D eigenvalue weighted by Crippen LogP contribution is 2.47. The van der Waals surface area contributed by atoms with E-state index in [0.29, 0.717) is 42.3 Å². The fourth-order valence-corrected chi connectivity index (χ4v) is 8.79. The molecule has 3 heterocycles. The van der Waals surface area contributed by atoms with Gasteiger partial charge in [-0.05, 0) is 90.2 Å². The Hall–Kier alpha value is -4.47. The van der Waals surface area contributed by atoms with E-state index in [2.05, 4.69) is 32.5 Å². The largest absolute Gasteiger partial charge is 0.479 e. The molecule has 2 aliphatic carbocycles. The summed E-state index contributed by atoms with van der Waals surface area (Å²) in [6, 6.07) is 5.05. The number of rotatable bonds is 7. The minimum absolute atomic E-state index is 0.0120. The van der Waals surface area contributed by atoms with E-state index in [4.69, 9.17) is 14.2 Å². The molecule has 0 radical (unpaired) electrons. The van der Waals surface area contributed by atoms with Crippen LogP contribution < -0.4 is 24.8 Å².